The van der Waals surface area contributed by atoms with Crippen LogP contribution in [0.2, 0.25) is 0 Å². The quantitative estimate of drug-likeness (QED) is 0.635. The number of rotatable bonds is 5. The Morgan fingerprint density at radius 2 is 2.17 bits per heavy atom. The van der Waals surface area contributed by atoms with Crippen molar-refractivity contribution < 1.29 is 0 Å². The predicted molar refractivity (Wildman–Crippen MR) is 53.2 cm³/mol. The smallest absolute Gasteiger partial charge is 0.0180 e. The topological polar surface area (TPSA) is 29.3 Å². The highest BCUT2D eigenvalue weighted by Crippen LogP contribution is 2.08. The van der Waals surface area contributed by atoms with E-state index in [1.165, 1.54) is 45.2 Å². The Morgan fingerprint density at radius 3 is 2.75 bits per heavy atom. The largest absolute Gasteiger partial charge is 0.326 e. The Kier molecular flexibility index (Phi) is 4.62. The molecule has 0 bridgehead atoms. The molecule has 1 saturated heterocycles. The van der Waals surface area contributed by atoms with Gasteiger partial charge >= 0.3 is 0 Å². The van der Waals surface area contributed by atoms with Crippen molar-refractivity contribution in [2.75, 3.05) is 19.6 Å². The van der Waals surface area contributed by atoms with Crippen LogP contribution in [0.3, 0.4) is 0 Å². The summed E-state index contributed by atoms with van der Waals surface area (Å²) in [4.78, 5) is 2.50. The molecule has 1 aliphatic rings. The Balaban J connectivity index is 1.93. The summed E-state index contributed by atoms with van der Waals surface area (Å²) in [6, 6.07) is 0.455. The monoisotopic (exact) mass is 170 g/mol. The van der Waals surface area contributed by atoms with Crippen molar-refractivity contribution >= 4 is 0 Å². The average molecular weight is 170 g/mol. The Bertz CT molecular complexity index is 114. The fourth-order valence-electron chi connectivity index (χ4n) is 1.83. The van der Waals surface area contributed by atoms with Gasteiger partial charge in [0.2, 0.25) is 0 Å². The maximum Gasteiger partial charge on any atom is 0.0180 e. The zero-order valence-electron chi connectivity index (χ0n) is 8.26. The third kappa shape index (κ3) is 3.55. The zero-order chi connectivity index (χ0) is 8.81. The minimum Gasteiger partial charge on any atom is -0.326 e. The number of nitrogens with two attached hydrogens (primary N) is 1. The van der Waals surface area contributed by atoms with Crippen LogP contribution >= 0.6 is 0 Å². The highest BCUT2D eigenvalue weighted by molar-refractivity contribution is 4.77. The second-order valence-corrected chi connectivity index (χ2v) is 3.91. The van der Waals surface area contributed by atoms with Crippen LogP contribution in [0, 0.1) is 0 Å². The van der Waals surface area contributed by atoms with Gasteiger partial charge in [-0.05, 0) is 25.9 Å². The molecule has 1 rings (SSSR count). The van der Waals surface area contributed by atoms with Crippen molar-refractivity contribution in [3.63, 3.8) is 0 Å². The van der Waals surface area contributed by atoms with Crippen molar-refractivity contribution in [3.05, 3.63) is 0 Å². The van der Waals surface area contributed by atoms with Gasteiger partial charge in [0.1, 0.15) is 0 Å². The molecule has 0 amide bonds. The normalized spacial score (nSPS) is 25.0. The fourth-order valence-corrected chi connectivity index (χ4v) is 1.83. The minimum atomic E-state index is 0.455. The maximum atomic E-state index is 5.81. The summed E-state index contributed by atoms with van der Waals surface area (Å²) in [6.07, 6.45) is 6.68. The van der Waals surface area contributed by atoms with Gasteiger partial charge in [-0.2, -0.15) is 0 Å². The number of hydrogen-bond acceptors (Lipinski definition) is 2. The lowest BCUT2D eigenvalue weighted by Crippen LogP contribution is -2.27. The van der Waals surface area contributed by atoms with Crippen molar-refractivity contribution in [1.29, 1.82) is 0 Å². The number of hydrogen-bond donors (Lipinski definition) is 1. The molecule has 2 heteroatoms. The van der Waals surface area contributed by atoms with Crippen LogP contribution in [0.1, 0.15) is 39.0 Å². The molecule has 1 fully saturated rings. The second-order valence-electron chi connectivity index (χ2n) is 3.91. The molecule has 0 aromatic rings. The Morgan fingerprint density at radius 1 is 1.33 bits per heavy atom. The van der Waals surface area contributed by atoms with Crippen molar-refractivity contribution in [2.45, 2.75) is 45.1 Å². The average Bonchev–Trinajstić information content (AvgIpc) is 2.45. The van der Waals surface area contributed by atoms with Crippen LogP contribution in [0.5, 0.6) is 0 Å². The van der Waals surface area contributed by atoms with Gasteiger partial charge in [0.05, 0.1) is 0 Å². The highest BCUT2D eigenvalue weighted by atomic mass is 15.2. The van der Waals surface area contributed by atoms with Crippen LogP contribution in [-0.2, 0) is 0 Å². The molecule has 0 aromatic heterocycles. The molecule has 1 atom stereocenters. The van der Waals surface area contributed by atoms with E-state index in [4.69, 9.17) is 5.73 Å². The molecule has 0 aliphatic carbocycles. The molecule has 0 saturated carbocycles. The first-order valence-electron chi connectivity index (χ1n) is 5.31. The Labute approximate surface area is 76.1 Å². The molecule has 12 heavy (non-hydrogen) atoms. The maximum absolute atomic E-state index is 5.81. The molecule has 0 radical (unpaired) electrons. The molecule has 0 unspecified atom stereocenters. The van der Waals surface area contributed by atoms with Crippen LogP contribution in [0.25, 0.3) is 0 Å². The van der Waals surface area contributed by atoms with Gasteiger partial charge in [0, 0.05) is 12.6 Å². The van der Waals surface area contributed by atoms with Gasteiger partial charge in [0.15, 0.2) is 0 Å². The minimum absolute atomic E-state index is 0.455. The Hall–Kier alpha value is -0.0800. The van der Waals surface area contributed by atoms with Gasteiger partial charge in [-0.15, -0.1) is 0 Å². The van der Waals surface area contributed by atoms with Crippen LogP contribution in [-0.4, -0.2) is 30.6 Å². The summed E-state index contributed by atoms with van der Waals surface area (Å²) < 4.78 is 0. The summed E-state index contributed by atoms with van der Waals surface area (Å²) >= 11 is 0. The van der Waals surface area contributed by atoms with E-state index >= 15 is 0 Å². The lowest BCUT2D eigenvalue weighted by atomic mass is 10.2. The molecule has 0 aromatic carbocycles. The third-order valence-corrected chi connectivity index (χ3v) is 2.64. The van der Waals surface area contributed by atoms with Gasteiger partial charge < -0.3 is 10.6 Å². The van der Waals surface area contributed by atoms with Crippen molar-refractivity contribution in [3.8, 4) is 0 Å². The summed E-state index contributed by atoms with van der Waals surface area (Å²) in [5.41, 5.74) is 5.81. The first-order valence-corrected chi connectivity index (χ1v) is 5.31. The van der Waals surface area contributed by atoms with Gasteiger partial charge in [-0.1, -0.05) is 26.2 Å². The zero-order valence-corrected chi connectivity index (χ0v) is 8.26. The van der Waals surface area contributed by atoms with E-state index in [1.54, 1.807) is 0 Å². The number of likely N-dealkylation sites (tertiary alicyclic amines) is 1. The van der Waals surface area contributed by atoms with E-state index in [-0.39, 0.29) is 0 Å². The van der Waals surface area contributed by atoms with E-state index in [1.807, 2.05) is 0 Å². The van der Waals surface area contributed by atoms with Crippen LogP contribution in [0.15, 0.2) is 0 Å². The van der Waals surface area contributed by atoms with E-state index < -0.39 is 0 Å². The third-order valence-electron chi connectivity index (χ3n) is 2.64. The first kappa shape index (κ1) is 10.0. The summed E-state index contributed by atoms with van der Waals surface area (Å²) in [7, 11) is 0. The lowest BCUT2D eigenvalue weighted by molar-refractivity contribution is 0.324. The molecular weight excluding hydrogens is 148 g/mol. The summed E-state index contributed by atoms with van der Waals surface area (Å²) in [5, 5.41) is 0. The molecule has 0 spiro atoms. The van der Waals surface area contributed by atoms with Crippen molar-refractivity contribution in [1.82, 2.24) is 4.90 Å². The standard InChI is InChI=1S/C10H22N2/c1-2-3-4-5-7-12-8-6-10(11)9-12/h10H,2-9,11H2,1H3/t10-/m0/s1. The summed E-state index contributed by atoms with van der Waals surface area (Å²) in [6.45, 7) is 5.89. The SMILES string of the molecule is CCCCCCN1CC[C@H](N)C1. The van der Waals surface area contributed by atoms with E-state index in [9.17, 15) is 0 Å². The highest BCUT2D eigenvalue weighted by Gasteiger charge is 2.17. The molecule has 1 heterocycles. The van der Waals surface area contributed by atoms with E-state index in [0.717, 1.165) is 6.54 Å². The lowest BCUT2D eigenvalue weighted by Gasteiger charge is -2.14. The molecule has 2 nitrogen and oxygen atoms in total. The first-order chi connectivity index (χ1) is 5.83. The van der Waals surface area contributed by atoms with E-state index in [0.29, 0.717) is 6.04 Å². The second kappa shape index (κ2) is 5.55. The van der Waals surface area contributed by atoms with Crippen LogP contribution < -0.4 is 5.73 Å². The van der Waals surface area contributed by atoms with E-state index in [2.05, 4.69) is 11.8 Å². The predicted octanol–water partition coefficient (Wildman–Crippen LogP) is 1.60. The van der Waals surface area contributed by atoms with Gasteiger partial charge in [0.25, 0.3) is 0 Å². The molecule has 2 N–H and O–H groups in total. The molecular formula is C10H22N2. The molecule has 72 valence electrons. The molecule has 1 aliphatic heterocycles. The van der Waals surface area contributed by atoms with Gasteiger partial charge in [-0.3, -0.25) is 0 Å². The van der Waals surface area contributed by atoms with Gasteiger partial charge in [-0.25, -0.2) is 0 Å². The van der Waals surface area contributed by atoms with Crippen LogP contribution in [0.4, 0.5) is 0 Å². The number of unbranched alkanes of at least 4 members (excludes halogenated alkanes) is 3. The number of nitrogens with zero attached hydrogens (tertiary/aromatic N) is 1. The van der Waals surface area contributed by atoms with Crippen molar-refractivity contribution in [2.24, 2.45) is 5.73 Å². The fraction of sp³-hybridized carbons (Fsp3) is 1.00. The summed E-state index contributed by atoms with van der Waals surface area (Å²) in [5.74, 6) is 0.